The van der Waals surface area contributed by atoms with Gasteiger partial charge in [0, 0.05) is 40.8 Å². The maximum Gasteiger partial charge on any atom is 0.178 e. The van der Waals surface area contributed by atoms with E-state index in [0.29, 0.717) is 0 Å². The molecule has 0 fully saturated rings. The van der Waals surface area contributed by atoms with Crippen LogP contribution in [0.15, 0.2) is 340 Å². The molecule has 0 aliphatic carbocycles. The van der Waals surface area contributed by atoms with Crippen molar-refractivity contribution in [2.45, 2.75) is 6.42 Å². The summed E-state index contributed by atoms with van der Waals surface area (Å²) in [6.07, 6.45) is 24.1. The van der Waals surface area contributed by atoms with Crippen LogP contribution in [0.3, 0.4) is 0 Å². The third-order valence-corrected chi connectivity index (χ3v) is 17.7. The van der Waals surface area contributed by atoms with Crippen LogP contribution in [0.5, 0.6) is 0 Å². The van der Waals surface area contributed by atoms with Crippen molar-refractivity contribution < 1.29 is 55.2 Å². The van der Waals surface area contributed by atoms with E-state index < -0.39 is 0 Å². The van der Waals surface area contributed by atoms with Crippen LogP contribution in [-0.4, -0.2) is 29.7 Å². The Kier molecular flexibility index (Phi) is 32.6. The van der Waals surface area contributed by atoms with Crippen molar-refractivity contribution >= 4 is 90.9 Å². The van der Waals surface area contributed by atoms with Gasteiger partial charge in [-0.25, -0.2) is 0 Å². The maximum absolute atomic E-state index is 11.6. The maximum atomic E-state index is 11.6. The van der Waals surface area contributed by atoms with Crippen molar-refractivity contribution in [3.05, 3.63) is 373 Å². The Hall–Kier alpha value is -8.17. The molecular weight excluding hydrogens is 1260 g/mol. The molecule has 0 heterocycles. The summed E-state index contributed by atoms with van der Waals surface area (Å²) in [7, 11) is -0.618. The second kappa shape index (κ2) is 41.0. The first-order valence-corrected chi connectivity index (χ1v) is 30.8. The van der Waals surface area contributed by atoms with Crippen LogP contribution in [0.2, 0.25) is 0 Å². The topological polar surface area (TPSA) is 51.2 Å². The first-order valence-electron chi connectivity index (χ1n) is 27.7. The van der Waals surface area contributed by atoms with Crippen molar-refractivity contribution in [3.63, 3.8) is 0 Å². The van der Waals surface area contributed by atoms with Gasteiger partial charge in [-0.2, -0.15) is 0 Å². The average Bonchev–Trinajstić information content (AvgIpc) is 3.72. The monoisotopic (exact) mass is 1330 g/mol. The molecule has 0 aliphatic heterocycles. The fraction of sp³-hybridized carbons (Fsp3) is 0.0385. The molecule has 7 heteroatoms. The molecule has 0 unspecified atom stereocenters. The van der Waals surface area contributed by atoms with Crippen LogP contribution in [0, 0.1) is 0 Å². The van der Waals surface area contributed by atoms with Crippen LogP contribution in [0.25, 0.3) is 36.5 Å². The van der Waals surface area contributed by atoms with Gasteiger partial charge in [-0.1, -0.05) is 340 Å². The van der Waals surface area contributed by atoms with Crippen molar-refractivity contribution in [2.24, 2.45) is 0 Å². The summed E-state index contributed by atoms with van der Waals surface area (Å²) in [4.78, 5) is 34.8. The predicted molar refractivity (Wildman–Crippen MR) is 360 cm³/mol. The fourth-order valence-electron chi connectivity index (χ4n) is 8.25. The van der Waals surface area contributed by atoms with Crippen LogP contribution in [0.4, 0.5) is 0 Å². The molecule has 10 aromatic carbocycles. The summed E-state index contributed by atoms with van der Waals surface area (Å²) in [5, 5.41) is 5.94. The zero-order valence-electron chi connectivity index (χ0n) is 47.2. The smallest absolute Gasteiger partial charge is 0.178 e. The van der Waals surface area contributed by atoms with Crippen molar-refractivity contribution in [3.8, 4) is 0 Å². The molecule has 10 rings (SSSR count). The summed E-state index contributed by atoms with van der Waals surface area (Å²) in [5.74, 6) is -0.0341. The Labute approximate surface area is 533 Å². The molecule has 0 atom stereocenters. The summed E-state index contributed by atoms with van der Waals surface area (Å²) >= 11 is 0. The molecule has 3 nitrogen and oxygen atoms in total. The number of benzene rings is 10. The molecule has 85 heavy (non-hydrogen) atoms. The number of carbonyl (C=O) groups is 3. The molecular formula is C78H68O3P2Pd2. The molecule has 428 valence electrons. The van der Waals surface area contributed by atoms with Gasteiger partial charge in [0.1, 0.15) is 0 Å². The minimum Gasteiger partial charge on any atom is -0.290 e. The standard InChI is InChI=1S/C27H26P2.3C17H14O.2Pd/c1-5-14-24(15-6-1)28(25-16-7-2-8-17-25)22-13-23-29(26-18-9-3-10-19-26)27-20-11-4-12-21-27;3*18-17(13-11-15-7-3-1-4-8-15)14-12-16-9-5-2-6-10-16;;/h1-12,14-21H,13,22-23H2;3*1-14H;;/b;3*13-11+,14-12+;;. The number of rotatable bonds is 20. The van der Waals surface area contributed by atoms with Crippen LogP contribution < -0.4 is 21.2 Å². The van der Waals surface area contributed by atoms with Crippen LogP contribution in [-0.2, 0) is 55.2 Å². The number of ketones is 3. The van der Waals surface area contributed by atoms with E-state index in [4.69, 9.17) is 0 Å². The summed E-state index contributed by atoms with van der Waals surface area (Å²) in [6, 6.07) is 103. The molecule has 0 N–H and O–H groups in total. The first-order chi connectivity index (χ1) is 40.9. The van der Waals surface area contributed by atoms with Gasteiger partial charge in [0.15, 0.2) is 17.3 Å². The predicted octanol–water partition coefficient (Wildman–Crippen LogP) is 17.6. The van der Waals surface area contributed by atoms with Gasteiger partial charge in [0.25, 0.3) is 0 Å². The number of allylic oxidation sites excluding steroid dienone is 6. The summed E-state index contributed by atoms with van der Waals surface area (Å²) in [6.45, 7) is 0. The van der Waals surface area contributed by atoms with Crippen molar-refractivity contribution in [2.75, 3.05) is 12.3 Å². The molecule has 0 radical (unpaired) electrons. The largest absolute Gasteiger partial charge is 0.290 e. The minimum atomic E-state index is -0.309. The van der Waals surface area contributed by atoms with Gasteiger partial charge in [0.05, 0.1) is 0 Å². The van der Waals surface area contributed by atoms with E-state index in [9.17, 15) is 14.4 Å². The molecule has 0 bridgehead atoms. The van der Waals surface area contributed by atoms with E-state index in [0.717, 1.165) is 33.4 Å². The first kappa shape index (κ1) is 67.6. The van der Waals surface area contributed by atoms with E-state index in [-0.39, 0.29) is 74.0 Å². The van der Waals surface area contributed by atoms with E-state index in [1.807, 2.05) is 218 Å². The summed E-state index contributed by atoms with van der Waals surface area (Å²) < 4.78 is 0. The van der Waals surface area contributed by atoms with Gasteiger partial charge >= 0.3 is 0 Å². The number of hydrogen-bond donors (Lipinski definition) is 0. The van der Waals surface area contributed by atoms with Gasteiger partial charge in [-0.15, -0.1) is 0 Å². The third-order valence-electron chi connectivity index (χ3n) is 12.5. The Bertz CT molecular complexity index is 3030. The molecule has 0 aliphatic rings. The molecule has 0 saturated carbocycles. The molecule has 10 aromatic rings. The van der Waals surface area contributed by atoms with E-state index >= 15 is 0 Å². The van der Waals surface area contributed by atoms with Gasteiger partial charge in [0.2, 0.25) is 0 Å². The fourth-order valence-corrected chi connectivity index (χ4v) is 13.2. The van der Waals surface area contributed by atoms with Gasteiger partial charge in [-0.3, -0.25) is 14.4 Å². The molecule has 0 spiro atoms. The normalized spacial score (nSPS) is 10.8. The zero-order chi connectivity index (χ0) is 57.6. The minimum absolute atomic E-state index is 0. The van der Waals surface area contributed by atoms with E-state index in [2.05, 4.69) is 121 Å². The van der Waals surface area contributed by atoms with Crippen molar-refractivity contribution in [1.29, 1.82) is 0 Å². The van der Waals surface area contributed by atoms with E-state index in [1.54, 1.807) is 36.5 Å². The third kappa shape index (κ3) is 27.0. The Morgan fingerprint density at radius 3 is 0.518 bits per heavy atom. The Morgan fingerprint density at radius 2 is 0.365 bits per heavy atom. The van der Waals surface area contributed by atoms with E-state index in [1.165, 1.54) is 40.0 Å². The molecule has 0 amide bonds. The second-order valence-electron chi connectivity index (χ2n) is 18.7. The van der Waals surface area contributed by atoms with Gasteiger partial charge < -0.3 is 0 Å². The molecule has 0 aromatic heterocycles. The SMILES string of the molecule is O=C(/C=C/c1ccccc1)/C=C/c1ccccc1.O=C(/C=C/c1ccccc1)/C=C/c1ccccc1.O=C(/C=C/c1ccccc1)/C=C/c1ccccc1.[Pd].[Pd].c1ccc(P(CCCP(c2ccccc2)c2ccccc2)c2ccccc2)cc1. The Morgan fingerprint density at radius 1 is 0.224 bits per heavy atom. The second-order valence-corrected chi connectivity index (χ2v) is 23.3. The molecule has 0 saturated heterocycles. The average molecular weight is 1330 g/mol. The van der Waals surface area contributed by atoms with Gasteiger partial charge in [-0.05, 0) is 126 Å². The van der Waals surface area contributed by atoms with Crippen LogP contribution in [0.1, 0.15) is 39.8 Å². The quantitative estimate of drug-likeness (QED) is 0.0434. The summed E-state index contributed by atoms with van der Waals surface area (Å²) in [5.41, 5.74) is 6.16. The Balaban J connectivity index is 0.000000211. The van der Waals surface area contributed by atoms with Crippen LogP contribution >= 0.6 is 15.8 Å². The number of carbonyl (C=O) groups excluding carboxylic acids is 3. The van der Waals surface area contributed by atoms with Crippen molar-refractivity contribution in [1.82, 2.24) is 0 Å². The number of hydrogen-bond acceptors (Lipinski definition) is 3. The zero-order valence-corrected chi connectivity index (χ0v) is 52.1.